The number of likely N-dealkylation sites (N-methyl/N-ethyl adjacent to an activating group) is 1. The average molecular weight is 397 g/mol. The number of aromatic nitrogens is 3. The number of pyridine rings is 1. The summed E-state index contributed by atoms with van der Waals surface area (Å²) < 4.78 is 22.8. The first kappa shape index (κ1) is 18.4. The zero-order chi connectivity index (χ0) is 19.7. The van der Waals surface area contributed by atoms with Crippen molar-refractivity contribution in [2.75, 3.05) is 26.4 Å². The minimum atomic E-state index is -0.499. The number of anilines is 1. The lowest BCUT2D eigenvalue weighted by Gasteiger charge is -2.08. The van der Waals surface area contributed by atoms with Crippen LogP contribution in [-0.4, -0.2) is 40.1 Å². The Hall–Kier alpha value is -2.97. The van der Waals surface area contributed by atoms with E-state index in [4.69, 9.17) is 10.5 Å². The largest absolute Gasteiger partial charge is 0.453 e. The summed E-state index contributed by atoms with van der Waals surface area (Å²) >= 11 is 1.52. The Morgan fingerprint density at radius 1 is 1.18 bits per heavy atom. The number of nitrogens with two attached hydrogens (primary N) is 1. The summed E-state index contributed by atoms with van der Waals surface area (Å²) in [4.78, 5) is 12.0. The van der Waals surface area contributed by atoms with Gasteiger partial charge in [-0.25, -0.2) is 9.37 Å². The lowest BCUT2D eigenvalue weighted by molar-refractivity contribution is 0.384. The molecule has 0 aliphatic heterocycles. The normalized spacial score (nSPS) is 11.4. The van der Waals surface area contributed by atoms with Crippen LogP contribution >= 0.6 is 11.3 Å². The van der Waals surface area contributed by atoms with E-state index in [1.165, 1.54) is 23.5 Å². The molecule has 0 radical (unpaired) electrons. The molecule has 28 heavy (non-hydrogen) atoms. The number of halogens is 1. The van der Waals surface area contributed by atoms with Crippen LogP contribution in [0.15, 0.2) is 49.1 Å². The first-order chi connectivity index (χ1) is 13.5. The van der Waals surface area contributed by atoms with Gasteiger partial charge in [-0.1, -0.05) is 0 Å². The topological polar surface area (TPSA) is 69.2 Å². The number of nitrogen functional groups attached to an aromatic ring is 1. The second kappa shape index (κ2) is 7.57. The maximum Gasteiger partial charge on any atom is 0.167 e. The van der Waals surface area contributed by atoms with Crippen molar-refractivity contribution in [3.05, 3.63) is 54.9 Å². The number of hydrogen-bond donors (Lipinski definition) is 1. The highest BCUT2D eigenvalue weighted by Gasteiger charge is 2.14. The van der Waals surface area contributed by atoms with Crippen LogP contribution in [0.25, 0.3) is 20.8 Å². The fraction of sp³-hybridized carbons (Fsp3) is 0.200. The van der Waals surface area contributed by atoms with Crippen LogP contribution in [-0.2, 0) is 6.54 Å². The molecular weight excluding hydrogens is 377 g/mol. The van der Waals surface area contributed by atoms with Crippen molar-refractivity contribution in [1.82, 2.24) is 19.4 Å². The zero-order valence-electron chi connectivity index (χ0n) is 15.6. The van der Waals surface area contributed by atoms with Gasteiger partial charge in [-0.3, -0.25) is 4.98 Å². The third-order valence-electron chi connectivity index (χ3n) is 4.24. The molecule has 144 valence electrons. The van der Waals surface area contributed by atoms with Gasteiger partial charge in [0.05, 0.1) is 27.1 Å². The Labute approximate surface area is 166 Å². The molecule has 0 atom stereocenters. The van der Waals surface area contributed by atoms with E-state index in [0.717, 1.165) is 33.9 Å². The van der Waals surface area contributed by atoms with Gasteiger partial charge >= 0.3 is 0 Å². The fourth-order valence-corrected chi connectivity index (χ4v) is 3.79. The van der Waals surface area contributed by atoms with Gasteiger partial charge in [0.1, 0.15) is 5.75 Å². The zero-order valence-corrected chi connectivity index (χ0v) is 16.4. The van der Waals surface area contributed by atoms with Gasteiger partial charge in [-0.05, 0) is 32.3 Å². The van der Waals surface area contributed by atoms with Gasteiger partial charge < -0.3 is 19.9 Å². The first-order valence-corrected chi connectivity index (χ1v) is 9.59. The molecule has 0 aliphatic rings. The van der Waals surface area contributed by atoms with E-state index < -0.39 is 5.82 Å². The molecule has 0 unspecified atom stereocenters. The van der Waals surface area contributed by atoms with Gasteiger partial charge in [0, 0.05) is 43.3 Å². The van der Waals surface area contributed by atoms with Crippen LogP contribution in [0.3, 0.4) is 0 Å². The Kier molecular flexibility index (Phi) is 4.97. The monoisotopic (exact) mass is 397 g/mol. The molecular formula is C20H20FN5OS. The van der Waals surface area contributed by atoms with Crippen LogP contribution in [0, 0.1) is 5.82 Å². The van der Waals surface area contributed by atoms with Crippen LogP contribution in [0.4, 0.5) is 10.1 Å². The highest BCUT2D eigenvalue weighted by molar-refractivity contribution is 7.22. The van der Waals surface area contributed by atoms with Crippen molar-refractivity contribution >= 4 is 27.2 Å². The molecule has 4 aromatic rings. The summed E-state index contributed by atoms with van der Waals surface area (Å²) in [6.45, 7) is 1.81. The molecule has 2 N–H and O–H groups in total. The van der Waals surface area contributed by atoms with E-state index in [2.05, 4.69) is 19.4 Å². The van der Waals surface area contributed by atoms with Gasteiger partial charge in [-0.15, -0.1) is 11.3 Å². The number of imidazole rings is 1. The van der Waals surface area contributed by atoms with Crippen LogP contribution in [0.5, 0.6) is 11.5 Å². The molecule has 0 aliphatic carbocycles. The van der Waals surface area contributed by atoms with E-state index in [1.54, 1.807) is 18.3 Å². The Bertz CT molecular complexity index is 1120. The predicted octanol–water partition coefficient (Wildman–Crippen LogP) is 4.24. The fourth-order valence-electron chi connectivity index (χ4n) is 2.76. The number of ether oxygens (including phenoxy) is 1. The van der Waals surface area contributed by atoms with Crippen molar-refractivity contribution < 1.29 is 9.13 Å². The van der Waals surface area contributed by atoms with Gasteiger partial charge in [0.25, 0.3) is 0 Å². The molecule has 4 rings (SSSR count). The average Bonchev–Trinajstić information content (AvgIpc) is 3.29. The van der Waals surface area contributed by atoms with Crippen molar-refractivity contribution in [2.45, 2.75) is 6.54 Å². The van der Waals surface area contributed by atoms with E-state index >= 15 is 0 Å². The van der Waals surface area contributed by atoms with Crippen molar-refractivity contribution in [3.63, 3.8) is 0 Å². The van der Waals surface area contributed by atoms with E-state index in [9.17, 15) is 4.39 Å². The lowest BCUT2D eigenvalue weighted by atomic mass is 10.3. The Morgan fingerprint density at radius 3 is 2.82 bits per heavy atom. The number of rotatable bonds is 6. The maximum atomic E-state index is 14.1. The quantitative estimate of drug-likeness (QED) is 0.493. The highest BCUT2D eigenvalue weighted by Crippen LogP contribution is 2.39. The third kappa shape index (κ3) is 3.83. The van der Waals surface area contributed by atoms with E-state index in [-0.39, 0.29) is 5.75 Å². The minimum Gasteiger partial charge on any atom is -0.453 e. The third-order valence-corrected chi connectivity index (χ3v) is 5.40. The molecule has 0 saturated heterocycles. The number of fused-ring (bicyclic) bond motifs is 1. The first-order valence-electron chi connectivity index (χ1n) is 8.78. The molecule has 1 aromatic carbocycles. The summed E-state index contributed by atoms with van der Waals surface area (Å²) in [5.41, 5.74) is 7.63. The maximum absolute atomic E-state index is 14.1. The second-order valence-electron chi connectivity index (χ2n) is 6.73. The van der Waals surface area contributed by atoms with Gasteiger partial charge in [0.2, 0.25) is 0 Å². The van der Waals surface area contributed by atoms with Crippen molar-refractivity contribution in [3.8, 4) is 22.1 Å². The molecule has 3 aromatic heterocycles. The summed E-state index contributed by atoms with van der Waals surface area (Å²) in [6.07, 6.45) is 5.51. The standard InChI is InChI=1S/C20H20FN5OS/c1-25(2)7-8-26-11-16(24-12-26)19-10-15-20(28-19)18(5-6-23-15)27-17-4-3-13(22)9-14(17)21/h3-6,9-12H,7-8,22H2,1-2H3. The number of thiophene rings is 1. The van der Waals surface area contributed by atoms with E-state index in [0.29, 0.717) is 11.4 Å². The SMILES string of the molecule is CN(C)CCn1cnc(-c2cc3nccc(Oc4ccc(N)cc4F)c3s2)c1. The molecule has 0 bridgehead atoms. The number of hydrogen-bond acceptors (Lipinski definition) is 6. The van der Waals surface area contributed by atoms with Gasteiger partial charge in [0.15, 0.2) is 11.6 Å². The molecule has 8 heteroatoms. The number of benzene rings is 1. The van der Waals surface area contributed by atoms with Crippen LogP contribution in [0.2, 0.25) is 0 Å². The molecule has 0 amide bonds. The summed E-state index contributed by atoms with van der Waals surface area (Å²) in [6, 6.07) is 8.09. The number of nitrogens with zero attached hydrogens (tertiary/aromatic N) is 4. The predicted molar refractivity (Wildman–Crippen MR) is 110 cm³/mol. The smallest absolute Gasteiger partial charge is 0.167 e. The van der Waals surface area contributed by atoms with Crippen molar-refractivity contribution in [1.29, 1.82) is 0 Å². The molecule has 0 saturated carbocycles. The summed E-state index contributed by atoms with van der Waals surface area (Å²) in [5, 5.41) is 0. The molecule has 0 spiro atoms. The Morgan fingerprint density at radius 2 is 2.04 bits per heavy atom. The minimum absolute atomic E-state index is 0.129. The molecule has 6 nitrogen and oxygen atoms in total. The van der Waals surface area contributed by atoms with Crippen LogP contribution < -0.4 is 10.5 Å². The highest BCUT2D eigenvalue weighted by atomic mass is 32.1. The van der Waals surface area contributed by atoms with E-state index in [1.807, 2.05) is 32.7 Å². The lowest BCUT2D eigenvalue weighted by Crippen LogP contribution is -2.17. The second-order valence-corrected chi connectivity index (χ2v) is 7.78. The molecule has 3 heterocycles. The van der Waals surface area contributed by atoms with Gasteiger partial charge in [-0.2, -0.15) is 0 Å². The summed E-state index contributed by atoms with van der Waals surface area (Å²) in [7, 11) is 4.09. The Balaban J connectivity index is 1.64. The van der Waals surface area contributed by atoms with Crippen molar-refractivity contribution in [2.24, 2.45) is 0 Å². The van der Waals surface area contributed by atoms with Crippen LogP contribution in [0.1, 0.15) is 0 Å². The molecule has 0 fully saturated rings. The summed E-state index contributed by atoms with van der Waals surface area (Å²) in [5.74, 6) is 0.183.